The fourth-order valence-electron chi connectivity index (χ4n) is 10.7. The van der Waals surface area contributed by atoms with Crippen molar-refractivity contribution in [1.82, 2.24) is 0 Å². The standard InChI is InChI=1S/C79H142NO8P/c1-6-8-10-12-14-16-18-20-22-24-26-28-30-32-34-35-36-37-38-39-40-41-42-43-44-45-46-48-50-52-54-56-58-60-62-64-66-68-70-72-79(82)88-77(76-87-89(83,84)86-74-73-80(3,4)5)75-85-78(81)71-69-67-65-63-61-59-57-55-53-51-49-47-33-31-29-27-25-23-21-19-17-15-13-11-9-7-2/h8,10,14,16,20,22,26,28,32,34,36-37,39-40,42-43,77H,6-7,9,11-13,15,17-19,21,23-25,27,29-31,33,35,38,41,44-76H2,1-5H3/p+1/b10-8-,16-14-,22-20-,28-26-,34-32-,37-36-,40-39-,43-42-. The van der Waals surface area contributed by atoms with Crippen LogP contribution in [0.2, 0.25) is 0 Å². The number of quaternary nitrogens is 1. The van der Waals surface area contributed by atoms with Gasteiger partial charge in [-0.2, -0.15) is 0 Å². The molecule has 9 nitrogen and oxygen atoms in total. The van der Waals surface area contributed by atoms with E-state index in [2.05, 4.69) is 111 Å². The summed E-state index contributed by atoms with van der Waals surface area (Å²) in [7, 11) is 1.49. The molecule has 10 heteroatoms. The first kappa shape index (κ1) is 85.9. The van der Waals surface area contributed by atoms with Crippen molar-refractivity contribution < 1.29 is 42.1 Å². The van der Waals surface area contributed by atoms with Crippen molar-refractivity contribution in [3.8, 4) is 0 Å². The maximum atomic E-state index is 12.9. The minimum Gasteiger partial charge on any atom is -0.462 e. The Morgan fingerprint density at radius 3 is 0.955 bits per heavy atom. The Labute approximate surface area is 551 Å². The van der Waals surface area contributed by atoms with Crippen molar-refractivity contribution >= 4 is 19.8 Å². The molecule has 0 spiro atoms. The predicted octanol–water partition coefficient (Wildman–Crippen LogP) is 24.7. The molecule has 0 saturated heterocycles. The number of phosphoric acid groups is 1. The second-order valence-corrected chi connectivity index (χ2v) is 27.8. The molecule has 0 heterocycles. The highest BCUT2D eigenvalue weighted by Gasteiger charge is 2.27. The number of likely N-dealkylation sites (N-methyl/N-ethyl adjacent to an activating group) is 1. The summed E-state index contributed by atoms with van der Waals surface area (Å²) >= 11 is 0. The van der Waals surface area contributed by atoms with Gasteiger partial charge >= 0.3 is 19.8 Å². The molecule has 89 heavy (non-hydrogen) atoms. The number of allylic oxidation sites excluding steroid dienone is 16. The maximum absolute atomic E-state index is 12.9. The van der Waals surface area contributed by atoms with Gasteiger partial charge in [0, 0.05) is 12.8 Å². The number of unbranched alkanes of at least 4 members (excludes halogenated alkanes) is 39. The first-order valence-corrected chi connectivity index (χ1v) is 39.0. The van der Waals surface area contributed by atoms with Crippen molar-refractivity contribution in [3.05, 3.63) is 97.2 Å². The van der Waals surface area contributed by atoms with Crippen LogP contribution in [-0.2, 0) is 32.7 Å². The number of carbonyl (C=O) groups excluding carboxylic acids is 2. The number of rotatable bonds is 69. The van der Waals surface area contributed by atoms with E-state index < -0.39 is 26.5 Å². The van der Waals surface area contributed by atoms with Crippen LogP contribution < -0.4 is 0 Å². The van der Waals surface area contributed by atoms with E-state index in [1.165, 1.54) is 218 Å². The van der Waals surface area contributed by atoms with Gasteiger partial charge in [0.25, 0.3) is 0 Å². The Morgan fingerprint density at radius 1 is 0.360 bits per heavy atom. The molecular formula is C79H143NO8P+. The molecule has 0 rings (SSSR count). The van der Waals surface area contributed by atoms with Gasteiger partial charge in [-0.15, -0.1) is 0 Å². The fourth-order valence-corrected chi connectivity index (χ4v) is 11.4. The minimum atomic E-state index is -4.40. The molecule has 0 bridgehead atoms. The monoisotopic (exact) mass is 1270 g/mol. The van der Waals surface area contributed by atoms with Crippen LogP contribution in [0.15, 0.2) is 97.2 Å². The first-order chi connectivity index (χ1) is 43.5. The summed E-state index contributed by atoms with van der Waals surface area (Å²) in [5.41, 5.74) is 0. The van der Waals surface area contributed by atoms with E-state index in [0.29, 0.717) is 23.9 Å². The number of hydrogen-bond acceptors (Lipinski definition) is 7. The van der Waals surface area contributed by atoms with Gasteiger partial charge in [-0.1, -0.05) is 349 Å². The Kier molecular flexibility index (Phi) is 66.9. The molecule has 0 fully saturated rings. The van der Waals surface area contributed by atoms with Crippen LogP contribution in [-0.4, -0.2) is 74.9 Å². The van der Waals surface area contributed by atoms with Crippen LogP contribution in [0.1, 0.15) is 341 Å². The zero-order valence-electron chi connectivity index (χ0n) is 58.9. The van der Waals surface area contributed by atoms with Gasteiger partial charge in [-0.3, -0.25) is 18.6 Å². The highest BCUT2D eigenvalue weighted by Crippen LogP contribution is 2.43. The predicted molar refractivity (Wildman–Crippen MR) is 385 cm³/mol. The molecule has 0 aromatic heterocycles. The fraction of sp³-hybridized carbons (Fsp3) is 0.772. The summed E-state index contributed by atoms with van der Waals surface area (Å²) in [6, 6.07) is 0. The third-order valence-corrected chi connectivity index (χ3v) is 17.4. The van der Waals surface area contributed by atoms with E-state index in [0.717, 1.165) is 89.9 Å². The van der Waals surface area contributed by atoms with Gasteiger partial charge in [0.15, 0.2) is 6.10 Å². The van der Waals surface area contributed by atoms with E-state index in [1.54, 1.807) is 0 Å². The smallest absolute Gasteiger partial charge is 0.462 e. The lowest BCUT2D eigenvalue weighted by Crippen LogP contribution is -2.37. The number of carbonyl (C=O) groups is 2. The Hall–Kier alpha value is -3.07. The van der Waals surface area contributed by atoms with Crippen LogP contribution in [0.25, 0.3) is 0 Å². The lowest BCUT2D eigenvalue weighted by atomic mass is 10.0. The molecule has 0 aromatic rings. The molecule has 0 aromatic carbocycles. The van der Waals surface area contributed by atoms with Crippen LogP contribution in [0.3, 0.4) is 0 Å². The topological polar surface area (TPSA) is 108 Å². The van der Waals surface area contributed by atoms with Crippen LogP contribution in [0.5, 0.6) is 0 Å². The van der Waals surface area contributed by atoms with E-state index in [1.807, 2.05) is 21.1 Å². The summed E-state index contributed by atoms with van der Waals surface area (Å²) in [5, 5.41) is 0. The largest absolute Gasteiger partial charge is 0.472 e. The van der Waals surface area contributed by atoms with E-state index in [-0.39, 0.29) is 25.6 Å². The van der Waals surface area contributed by atoms with Crippen LogP contribution in [0.4, 0.5) is 0 Å². The number of phosphoric ester groups is 1. The lowest BCUT2D eigenvalue weighted by molar-refractivity contribution is -0.870. The molecule has 0 aliphatic heterocycles. The third kappa shape index (κ3) is 73.9. The van der Waals surface area contributed by atoms with Gasteiger partial charge in [0.1, 0.15) is 19.8 Å². The van der Waals surface area contributed by atoms with Crippen LogP contribution in [0, 0.1) is 0 Å². The van der Waals surface area contributed by atoms with Crippen molar-refractivity contribution in [2.75, 3.05) is 47.5 Å². The summed E-state index contributed by atoms with van der Waals surface area (Å²) in [4.78, 5) is 35.9. The second kappa shape index (κ2) is 69.3. The Balaban J connectivity index is 4.00. The molecule has 2 atom stereocenters. The molecular weight excluding hydrogens is 1120 g/mol. The van der Waals surface area contributed by atoms with Crippen molar-refractivity contribution in [2.24, 2.45) is 0 Å². The number of esters is 2. The summed E-state index contributed by atoms with van der Waals surface area (Å²) < 4.78 is 34.8. The normalized spacial score (nSPS) is 13.6. The lowest BCUT2D eigenvalue weighted by Gasteiger charge is -2.24. The van der Waals surface area contributed by atoms with Crippen LogP contribution >= 0.6 is 7.82 Å². The van der Waals surface area contributed by atoms with Crippen molar-refractivity contribution in [2.45, 2.75) is 347 Å². The average molecular weight is 1270 g/mol. The van der Waals surface area contributed by atoms with Gasteiger partial charge in [-0.25, -0.2) is 4.57 Å². The van der Waals surface area contributed by atoms with Gasteiger partial charge < -0.3 is 18.9 Å². The highest BCUT2D eigenvalue weighted by molar-refractivity contribution is 7.47. The molecule has 0 aliphatic carbocycles. The zero-order valence-corrected chi connectivity index (χ0v) is 59.8. The Bertz CT molecular complexity index is 1820. The molecule has 0 amide bonds. The summed E-state index contributed by atoms with van der Waals surface area (Å²) in [6.07, 6.45) is 96.7. The molecule has 0 saturated carbocycles. The highest BCUT2D eigenvalue weighted by atomic mass is 31.2. The number of hydrogen-bond donors (Lipinski definition) is 1. The molecule has 516 valence electrons. The first-order valence-electron chi connectivity index (χ1n) is 37.5. The molecule has 0 aliphatic rings. The third-order valence-electron chi connectivity index (χ3n) is 16.4. The van der Waals surface area contributed by atoms with E-state index >= 15 is 0 Å². The van der Waals surface area contributed by atoms with Crippen molar-refractivity contribution in [3.63, 3.8) is 0 Å². The van der Waals surface area contributed by atoms with Gasteiger partial charge in [-0.05, 0) is 77.0 Å². The summed E-state index contributed by atoms with van der Waals surface area (Å²) in [6.45, 7) is 4.37. The van der Waals surface area contributed by atoms with Gasteiger partial charge in [0.2, 0.25) is 0 Å². The van der Waals surface area contributed by atoms with Crippen molar-refractivity contribution in [1.29, 1.82) is 0 Å². The molecule has 2 unspecified atom stereocenters. The van der Waals surface area contributed by atoms with E-state index in [9.17, 15) is 19.0 Å². The number of nitrogens with zero attached hydrogens (tertiary/aromatic N) is 1. The van der Waals surface area contributed by atoms with Gasteiger partial charge in [0.05, 0.1) is 27.7 Å². The summed E-state index contributed by atoms with van der Waals surface area (Å²) in [5.74, 6) is -0.784. The number of ether oxygens (including phenoxy) is 2. The second-order valence-electron chi connectivity index (χ2n) is 26.3. The molecule has 0 radical (unpaired) electrons. The zero-order chi connectivity index (χ0) is 64.8. The molecule has 1 N–H and O–H groups in total. The SMILES string of the molecule is CC/C=C\C/C=C\C/C=C\C/C=C\C/C=C\C/C=C\C/C=C\C/C=C\CCCCCCCCCCCCCCCCC(=O)OC(COC(=O)CCCCCCCCCCCCCCCCCCCCCCCCCCCC)COP(=O)(O)OCC[N+](C)(C)C. The quantitative estimate of drug-likeness (QED) is 0.0211. The average Bonchev–Trinajstić information content (AvgIpc) is 3.60. The maximum Gasteiger partial charge on any atom is 0.472 e. The minimum absolute atomic E-state index is 0.0309. The van der Waals surface area contributed by atoms with E-state index in [4.69, 9.17) is 18.5 Å². The Morgan fingerprint density at radius 2 is 0.640 bits per heavy atom.